The van der Waals surface area contributed by atoms with E-state index in [4.69, 9.17) is 9.29 Å². The third-order valence-corrected chi connectivity index (χ3v) is 9.14. The van der Waals surface area contributed by atoms with Crippen LogP contribution in [0.4, 0.5) is 8.78 Å². The summed E-state index contributed by atoms with van der Waals surface area (Å²) in [5.41, 5.74) is -0.685. The van der Waals surface area contributed by atoms with Crippen molar-refractivity contribution in [2.45, 2.75) is 87.8 Å². The van der Waals surface area contributed by atoms with Crippen molar-refractivity contribution in [1.82, 2.24) is 0 Å². The summed E-state index contributed by atoms with van der Waals surface area (Å²) in [6.07, 6.45) is 5.98. The molecule has 172 valence electrons. The van der Waals surface area contributed by atoms with Crippen LogP contribution in [0, 0.1) is 23.2 Å². The number of hydrogen-bond donors (Lipinski definition) is 2. The van der Waals surface area contributed by atoms with Crippen LogP contribution in [0.3, 0.4) is 0 Å². The molecule has 10 heteroatoms. The first-order valence-electron chi connectivity index (χ1n) is 10.8. The van der Waals surface area contributed by atoms with Gasteiger partial charge in [-0.3, -0.25) is 4.55 Å². The number of esters is 1. The third kappa shape index (κ3) is 3.57. The molecule has 3 unspecified atom stereocenters. The fraction of sp³-hybridized carbons (Fsp3) is 0.950. The van der Waals surface area contributed by atoms with Crippen molar-refractivity contribution in [2.75, 3.05) is 6.61 Å². The lowest BCUT2D eigenvalue weighted by molar-refractivity contribution is -0.222. The Morgan fingerprint density at radius 3 is 2.27 bits per heavy atom. The molecule has 30 heavy (non-hydrogen) atoms. The molecule has 3 atom stereocenters. The van der Waals surface area contributed by atoms with E-state index in [2.05, 4.69) is 4.74 Å². The van der Waals surface area contributed by atoms with E-state index in [-0.39, 0.29) is 23.4 Å². The molecule has 5 saturated carbocycles. The van der Waals surface area contributed by atoms with Crippen LogP contribution < -0.4 is 0 Å². The highest BCUT2D eigenvalue weighted by atomic mass is 32.2. The largest absolute Gasteiger partial charge is 0.453 e. The second-order valence-corrected chi connectivity index (χ2v) is 11.4. The molecule has 5 aliphatic carbocycles. The first-order chi connectivity index (χ1) is 13.9. The Bertz CT molecular complexity index is 777. The zero-order valence-corrected chi connectivity index (χ0v) is 17.9. The molecular weight excluding hydrogens is 422 g/mol. The van der Waals surface area contributed by atoms with Gasteiger partial charge in [0.1, 0.15) is 6.61 Å². The molecule has 5 fully saturated rings. The van der Waals surface area contributed by atoms with Gasteiger partial charge in [0, 0.05) is 5.41 Å². The fourth-order valence-electron chi connectivity index (χ4n) is 6.98. The Morgan fingerprint density at radius 1 is 1.17 bits per heavy atom. The van der Waals surface area contributed by atoms with Crippen LogP contribution in [-0.2, 0) is 24.4 Å². The zero-order chi connectivity index (χ0) is 21.9. The highest BCUT2D eigenvalue weighted by molar-refractivity contribution is 7.86. The highest BCUT2D eigenvalue weighted by Crippen LogP contribution is 2.66. The Balaban J connectivity index is 1.37. The SMILES string of the molecule is CC(OC(=O)COC1C2CC3CC1CC(C1(O)CCCC1)(C3)C2)C(F)(F)S(=O)(=O)O. The highest BCUT2D eigenvalue weighted by Gasteiger charge is 2.63. The lowest BCUT2D eigenvalue weighted by atomic mass is 9.44. The smallest absolute Gasteiger partial charge is 0.405 e. The van der Waals surface area contributed by atoms with E-state index >= 15 is 0 Å². The van der Waals surface area contributed by atoms with Gasteiger partial charge in [0.2, 0.25) is 0 Å². The molecular formula is C20H30F2O7S. The number of carbonyl (C=O) groups excluding carboxylic acids is 1. The van der Waals surface area contributed by atoms with E-state index in [1.54, 1.807) is 0 Å². The van der Waals surface area contributed by atoms with Crippen molar-refractivity contribution in [3.63, 3.8) is 0 Å². The minimum absolute atomic E-state index is 0.0770. The summed E-state index contributed by atoms with van der Waals surface area (Å²) in [6, 6.07) is 0. The Kier molecular flexibility index (Phi) is 5.48. The van der Waals surface area contributed by atoms with E-state index in [0.29, 0.717) is 12.8 Å². The van der Waals surface area contributed by atoms with E-state index in [1.165, 1.54) is 0 Å². The molecule has 0 amide bonds. The molecule has 7 nitrogen and oxygen atoms in total. The molecule has 5 rings (SSSR count). The van der Waals surface area contributed by atoms with Crippen molar-refractivity contribution in [1.29, 1.82) is 0 Å². The summed E-state index contributed by atoms with van der Waals surface area (Å²) in [6.45, 7) is 0.159. The average molecular weight is 453 g/mol. The van der Waals surface area contributed by atoms with Crippen LogP contribution in [0.5, 0.6) is 0 Å². The van der Waals surface area contributed by atoms with Crippen molar-refractivity contribution in [2.24, 2.45) is 23.2 Å². The molecule has 0 heterocycles. The lowest BCUT2D eigenvalue weighted by Gasteiger charge is -2.63. The number of alkyl halides is 2. The van der Waals surface area contributed by atoms with Gasteiger partial charge in [-0.1, -0.05) is 12.8 Å². The Hall–Kier alpha value is -0.840. The van der Waals surface area contributed by atoms with Gasteiger partial charge >= 0.3 is 21.3 Å². The van der Waals surface area contributed by atoms with Gasteiger partial charge in [0.25, 0.3) is 0 Å². The second-order valence-electron chi connectivity index (χ2n) is 9.93. The minimum atomic E-state index is -5.69. The molecule has 0 aromatic rings. The molecule has 2 N–H and O–H groups in total. The van der Waals surface area contributed by atoms with Crippen LogP contribution >= 0.6 is 0 Å². The van der Waals surface area contributed by atoms with Gasteiger partial charge in [0.05, 0.1) is 11.7 Å². The monoisotopic (exact) mass is 452 g/mol. The quantitative estimate of drug-likeness (QED) is 0.451. The molecule has 0 radical (unpaired) electrons. The number of halogens is 2. The summed E-state index contributed by atoms with van der Waals surface area (Å²) >= 11 is 0. The molecule has 4 bridgehead atoms. The Morgan fingerprint density at radius 2 is 1.73 bits per heavy atom. The molecule has 0 aromatic carbocycles. The van der Waals surface area contributed by atoms with Crippen molar-refractivity contribution in [3.8, 4) is 0 Å². The van der Waals surface area contributed by atoms with E-state index in [9.17, 15) is 27.1 Å². The Labute approximate surface area is 175 Å². The maximum atomic E-state index is 13.6. The van der Waals surface area contributed by atoms with Crippen LogP contribution in [0.15, 0.2) is 0 Å². The van der Waals surface area contributed by atoms with Gasteiger partial charge in [-0.2, -0.15) is 17.2 Å². The van der Waals surface area contributed by atoms with Crippen LogP contribution in [0.2, 0.25) is 0 Å². The van der Waals surface area contributed by atoms with Crippen LogP contribution in [-0.4, -0.2) is 53.7 Å². The predicted octanol–water partition coefficient (Wildman–Crippen LogP) is 2.92. The number of aliphatic hydroxyl groups is 1. The molecule has 0 aromatic heterocycles. The summed E-state index contributed by atoms with van der Waals surface area (Å²) in [5, 5.41) is 6.76. The molecule has 0 aliphatic heterocycles. The van der Waals surface area contributed by atoms with Crippen molar-refractivity contribution >= 4 is 16.1 Å². The first-order valence-corrected chi connectivity index (χ1v) is 12.2. The van der Waals surface area contributed by atoms with Gasteiger partial charge in [-0.05, 0) is 69.6 Å². The van der Waals surface area contributed by atoms with Crippen LogP contribution in [0.1, 0.15) is 64.7 Å². The van der Waals surface area contributed by atoms with Gasteiger partial charge in [-0.25, -0.2) is 4.79 Å². The van der Waals surface area contributed by atoms with E-state index < -0.39 is 39.7 Å². The normalized spacial score (nSPS) is 38.6. The third-order valence-electron chi connectivity index (χ3n) is 8.12. The fourth-order valence-corrected chi connectivity index (χ4v) is 7.45. The molecule has 0 saturated heterocycles. The van der Waals surface area contributed by atoms with Gasteiger partial charge in [0.15, 0.2) is 6.10 Å². The average Bonchev–Trinajstić information content (AvgIpc) is 3.08. The summed E-state index contributed by atoms with van der Waals surface area (Å²) in [4.78, 5) is 12.0. The summed E-state index contributed by atoms with van der Waals surface area (Å²) in [7, 11) is -5.69. The van der Waals surface area contributed by atoms with Crippen molar-refractivity contribution < 1.29 is 41.1 Å². The minimum Gasteiger partial charge on any atom is -0.453 e. The number of hydrogen-bond acceptors (Lipinski definition) is 6. The standard InChI is InChI=1S/C20H30F2O7S/c1-12(20(21,22)30(25,26)27)29-16(23)11-28-17-14-6-13-7-15(17)10-18(8-13,9-14)19(24)4-2-3-5-19/h12-15,17,24H,2-11H2,1H3,(H,25,26,27). The summed E-state index contributed by atoms with van der Waals surface area (Å²) < 4.78 is 67.6. The zero-order valence-electron chi connectivity index (χ0n) is 17.1. The second kappa shape index (κ2) is 7.35. The van der Waals surface area contributed by atoms with Gasteiger partial charge in [-0.15, -0.1) is 0 Å². The van der Waals surface area contributed by atoms with E-state index in [0.717, 1.165) is 57.8 Å². The number of ether oxygens (including phenoxy) is 2. The van der Waals surface area contributed by atoms with Gasteiger partial charge < -0.3 is 14.6 Å². The van der Waals surface area contributed by atoms with E-state index in [1.807, 2.05) is 0 Å². The topological polar surface area (TPSA) is 110 Å². The molecule has 5 aliphatic rings. The first kappa shape index (κ1) is 22.4. The summed E-state index contributed by atoms with van der Waals surface area (Å²) in [5.74, 6) is -0.119. The molecule has 0 spiro atoms. The van der Waals surface area contributed by atoms with Crippen molar-refractivity contribution in [3.05, 3.63) is 0 Å². The lowest BCUT2D eigenvalue weighted by Crippen LogP contribution is -2.62. The predicted molar refractivity (Wildman–Crippen MR) is 101 cm³/mol. The van der Waals surface area contributed by atoms with Crippen LogP contribution in [0.25, 0.3) is 0 Å². The number of rotatable bonds is 7. The maximum Gasteiger partial charge on any atom is 0.405 e. The number of carbonyl (C=O) groups is 1. The maximum absolute atomic E-state index is 13.6.